The van der Waals surface area contributed by atoms with Crippen molar-refractivity contribution in [3.05, 3.63) is 75.9 Å². The summed E-state index contributed by atoms with van der Waals surface area (Å²) in [5.41, 5.74) is 2.25. The van der Waals surface area contributed by atoms with Gasteiger partial charge in [0, 0.05) is 43.7 Å². The van der Waals surface area contributed by atoms with Crippen LogP contribution in [0.3, 0.4) is 0 Å². The van der Waals surface area contributed by atoms with Gasteiger partial charge >= 0.3 is 5.63 Å². The van der Waals surface area contributed by atoms with E-state index in [1.54, 1.807) is 19.2 Å². The SMILES string of the molecule is COc1ccc2c(CN3CCCN(Cc4ccc(F)cc4)C3)cc(=O)oc2c1. The van der Waals surface area contributed by atoms with Crippen LogP contribution in [0.5, 0.6) is 5.75 Å². The van der Waals surface area contributed by atoms with Crippen molar-refractivity contribution in [1.29, 1.82) is 0 Å². The van der Waals surface area contributed by atoms with Crippen LogP contribution in [0.1, 0.15) is 17.5 Å². The van der Waals surface area contributed by atoms with Gasteiger partial charge < -0.3 is 9.15 Å². The quantitative estimate of drug-likeness (QED) is 0.631. The van der Waals surface area contributed by atoms with Crippen LogP contribution < -0.4 is 10.4 Å². The van der Waals surface area contributed by atoms with Gasteiger partial charge in [-0.2, -0.15) is 0 Å². The predicted molar refractivity (Wildman–Crippen MR) is 106 cm³/mol. The molecule has 0 bridgehead atoms. The third kappa shape index (κ3) is 4.24. The van der Waals surface area contributed by atoms with Crippen LogP contribution in [0, 0.1) is 5.82 Å². The van der Waals surface area contributed by atoms with Crippen molar-refractivity contribution < 1.29 is 13.5 Å². The summed E-state index contributed by atoms with van der Waals surface area (Å²) in [5, 5.41) is 0.927. The minimum absolute atomic E-state index is 0.213. The van der Waals surface area contributed by atoms with Crippen molar-refractivity contribution >= 4 is 11.0 Å². The summed E-state index contributed by atoms with van der Waals surface area (Å²) in [6.07, 6.45) is 1.05. The lowest BCUT2D eigenvalue weighted by atomic mass is 10.1. The summed E-state index contributed by atoms with van der Waals surface area (Å²) >= 11 is 0. The Balaban J connectivity index is 1.50. The fourth-order valence-corrected chi connectivity index (χ4v) is 3.76. The van der Waals surface area contributed by atoms with Crippen molar-refractivity contribution in [2.75, 3.05) is 26.9 Å². The summed E-state index contributed by atoms with van der Waals surface area (Å²) in [5.74, 6) is 0.451. The molecule has 1 aromatic heterocycles. The molecule has 1 fully saturated rings. The highest BCUT2D eigenvalue weighted by atomic mass is 19.1. The van der Waals surface area contributed by atoms with Gasteiger partial charge in [0.05, 0.1) is 13.8 Å². The van der Waals surface area contributed by atoms with Crippen molar-refractivity contribution in [2.24, 2.45) is 0 Å². The smallest absolute Gasteiger partial charge is 0.336 e. The van der Waals surface area contributed by atoms with E-state index in [1.165, 1.54) is 12.1 Å². The van der Waals surface area contributed by atoms with Gasteiger partial charge in [-0.25, -0.2) is 9.18 Å². The first-order chi connectivity index (χ1) is 13.6. The number of ether oxygens (including phenoxy) is 1. The van der Waals surface area contributed by atoms with Gasteiger partial charge in [0.1, 0.15) is 17.1 Å². The van der Waals surface area contributed by atoms with Gasteiger partial charge in [-0.1, -0.05) is 12.1 Å². The molecule has 0 N–H and O–H groups in total. The molecule has 1 saturated heterocycles. The average Bonchev–Trinajstić information content (AvgIpc) is 2.69. The lowest BCUT2D eigenvalue weighted by molar-refractivity contribution is 0.0748. The third-order valence-corrected chi connectivity index (χ3v) is 5.10. The maximum absolute atomic E-state index is 13.1. The molecular weight excluding hydrogens is 359 g/mol. The van der Waals surface area contributed by atoms with Crippen LogP contribution in [0.4, 0.5) is 4.39 Å². The number of methoxy groups -OCH3 is 1. The van der Waals surface area contributed by atoms with Crippen molar-refractivity contribution in [3.63, 3.8) is 0 Å². The first-order valence-corrected chi connectivity index (χ1v) is 9.40. The molecule has 2 aromatic carbocycles. The van der Waals surface area contributed by atoms with Crippen LogP contribution >= 0.6 is 0 Å². The molecule has 0 aliphatic carbocycles. The molecule has 1 aliphatic heterocycles. The molecule has 0 saturated carbocycles. The normalized spacial score (nSPS) is 15.8. The van der Waals surface area contributed by atoms with E-state index in [2.05, 4.69) is 9.80 Å². The van der Waals surface area contributed by atoms with Crippen molar-refractivity contribution in [1.82, 2.24) is 9.80 Å². The zero-order chi connectivity index (χ0) is 19.5. The summed E-state index contributed by atoms with van der Waals surface area (Å²) < 4.78 is 23.7. The zero-order valence-electron chi connectivity index (χ0n) is 15.9. The highest BCUT2D eigenvalue weighted by Gasteiger charge is 2.19. The second kappa shape index (κ2) is 8.12. The molecule has 146 valence electrons. The van der Waals surface area contributed by atoms with E-state index in [1.807, 2.05) is 24.3 Å². The summed E-state index contributed by atoms with van der Waals surface area (Å²) in [7, 11) is 1.59. The van der Waals surface area contributed by atoms with E-state index < -0.39 is 0 Å². The Morgan fingerprint density at radius 3 is 2.54 bits per heavy atom. The molecule has 0 atom stereocenters. The molecular formula is C22H23FN2O3. The molecule has 3 aromatic rings. The number of halogens is 1. The van der Waals surface area contributed by atoms with Crippen LogP contribution in [-0.2, 0) is 13.1 Å². The molecule has 0 unspecified atom stereocenters. The number of benzene rings is 2. The first-order valence-electron chi connectivity index (χ1n) is 9.40. The molecule has 0 spiro atoms. The molecule has 5 nitrogen and oxygen atoms in total. The highest BCUT2D eigenvalue weighted by Crippen LogP contribution is 2.24. The Labute approximate surface area is 162 Å². The number of rotatable bonds is 5. The second-order valence-corrected chi connectivity index (χ2v) is 7.18. The molecule has 28 heavy (non-hydrogen) atoms. The monoisotopic (exact) mass is 382 g/mol. The van der Waals surface area contributed by atoms with Crippen molar-refractivity contribution in [2.45, 2.75) is 19.5 Å². The van der Waals surface area contributed by atoms with Crippen LogP contribution in [-0.4, -0.2) is 36.7 Å². The first kappa shape index (κ1) is 18.7. The highest BCUT2D eigenvalue weighted by molar-refractivity contribution is 5.81. The Morgan fingerprint density at radius 1 is 1.04 bits per heavy atom. The molecule has 1 aliphatic rings. The number of hydrogen-bond donors (Lipinski definition) is 0. The van der Waals surface area contributed by atoms with E-state index in [9.17, 15) is 9.18 Å². The minimum Gasteiger partial charge on any atom is -0.497 e. The van der Waals surface area contributed by atoms with Gasteiger partial charge in [-0.05, 0) is 41.8 Å². The van der Waals surface area contributed by atoms with Gasteiger partial charge in [0.25, 0.3) is 0 Å². The number of nitrogens with zero attached hydrogens (tertiary/aromatic N) is 2. The topological polar surface area (TPSA) is 45.9 Å². The van der Waals surface area contributed by atoms with Crippen LogP contribution in [0.25, 0.3) is 11.0 Å². The molecule has 0 amide bonds. The Bertz CT molecular complexity index is 1020. The molecule has 0 radical (unpaired) electrons. The maximum Gasteiger partial charge on any atom is 0.336 e. The summed E-state index contributed by atoms with van der Waals surface area (Å²) in [6, 6.07) is 13.8. The lowest BCUT2D eigenvalue weighted by Gasteiger charge is -2.35. The van der Waals surface area contributed by atoms with Gasteiger partial charge in [-0.3, -0.25) is 9.80 Å². The van der Waals surface area contributed by atoms with E-state index >= 15 is 0 Å². The fourth-order valence-electron chi connectivity index (χ4n) is 3.76. The molecule has 4 rings (SSSR count). The Kier molecular flexibility index (Phi) is 5.41. The maximum atomic E-state index is 13.1. The van der Waals surface area contributed by atoms with E-state index in [0.717, 1.165) is 49.2 Å². The zero-order valence-corrected chi connectivity index (χ0v) is 15.9. The van der Waals surface area contributed by atoms with E-state index in [4.69, 9.17) is 9.15 Å². The third-order valence-electron chi connectivity index (χ3n) is 5.10. The Morgan fingerprint density at radius 2 is 1.79 bits per heavy atom. The van der Waals surface area contributed by atoms with Gasteiger partial charge in [-0.15, -0.1) is 0 Å². The summed E-state index contributed by atoms with van der Waals surface area (Å²) in [6.45, 7) is 4.23. The van der Waals surface area contributed by atoms with E-state index in [0.29, 0.717) is 17.9 Å². The van der Waals surface area contributed by atoms with Gasteiger partial charge in [0.2, 0.25) is 0 Å². The van der Waals surface area contributed by atoms with Crippen molar-refractivity contribution in [3.8, 4) is 5.75 Å². The predicted octanol–water partition coefficient (Wildman–Crippen LogP) is 3.61. The average molecular weight is 382 g/mol. The van der Waals surface area contributed by atoms with Gasteiger partial charge in [0.15, 0.2) is 0 Å². The fraction of sp³-hybridized carbons (Fsp3) is 0.318. The second-order valence-electron chi connectivity index (χ2n) is 7.18. The molecule has 2 heterocycles. The van der Waals surface area contributed by atoms with Crippen LogP contribution in [0.2, 0.25) is 0 Å². The number of fused-ring (bicyclic) bond motifs is 1. The standard InChI is InChI=1S/C22H23FN2O3/c1-27-19-7-8-20-17(11-22(26)28-21(20)12-19)14-25-10-2-9-24(15-25)13-16-3-5-18(23)6-4-16/h3-8,11-12H,2,9-10,13-15H2,1H3. The Hall–Kier alpha value is -2.70. The van der Waals surface area contributed by atoms with E-state index in [-0.39, 0.29) is 11.4 Å². The largest absolute Gasteiger partial charge is 0.497 e. The summed E-state index contributed by atoms with van der Waals surface area (Å²) in [4.78, 5) is 16.7. The molecule has 6 heteroatoms. The number of hydrogen-bond acceptors (Lipinski definition) is 5. The van der Waals surface area contributed by atoms with Crippen LogP contribution in [0.15, 0.2) is 57.7 Å². The lowest BCUT2D eigenvalue weighted by Crippen LogP contribution is -2.43. The minimum atomic E-state index is -0.351.